The van der Waals surface area contributed by atoms with Gasteiger partial charge in [-0.1, -0.05) is 5.57 Å². The average molecular weight is 297 g/mol. The highest BCUT2D eigenvalue weighted by atomic mass is 16.6. The maximum atomic E-state index is 11.9. The van der Waals surface area contributed by atoms with Crippen molar-refractivity contribution in [2.45, 2.75) is 53.1 Å². The first kappa shape index (κ1) is 17.5. The predicted octanol–water partition coefficient (Wildman–Crippen LogP) is 3.14. The number of esters is 1. The van der Waals surface area contributed by atoms with Crippen molar-refractivity contribution in [1.82, 2.24) is 4.90 Å². The van der Waals surface area contributed by atoms with Gasteiger partial charge in [0.2, 0.25) is 0 Å². The molecule has 0 aromatic heterocycles. The van der Waals surface area contributed by atoms with Gasteiger partial charge < -0.3 is 14.4 Å². The van der Waals surface area contributed by atoms with Gasteiger partial charge in [-0.3, -0.25) is 4.79 Å². The van der Waals surface area contributed by atoms with Crippen molar-refractivity contribution >= 4 is 12.1 Å². The van der Waals surface area contributed by atoms with Crippen LogP contribution < -0.4 is 0 Å². The van der Waals surface area contributed by atoms with E-state index in [1.165, 1.54) is 0 Å². The molecule has 0 aromatic rings. The summed E-state index contributed by atoms with van der Waals surface area (Å²) in [7, 11) is 0. The third-order valence-corrected chi connectivity index (χ3v) is 3.20. The van der Waals surface area contributed by atoms with Crippen molar-refractivity contribution in [3.05, 3.63) is 11.6 Å². The van der Waals surface area contributed by atoms with E-state index in [4.69, 9.17) is 9.47 Å². The summed E-state index contributed by atoms with van der Waals surface area (Å²) in [6, 6.07) is 0. The third kappa shape index (κ3) is 6.65. The Bertz CT molecular complexity index is 397. The minimum absolute atomic E-state index is 0.116. The largest absolute Gasteiger partial charge is 0.461 e. The second kappa shape index (κ2) is 7.48. The minimum atomic E-state index is -0.489. The molecule has 1 aliphatic rings. The van der Waals surface area contributed by atoms with Crippen molar-refractivity contribution in [2.24, 2.45) is 5.92 Å². The molecule has 1 aliphatic heterocycles. The van der Waals surface area contributed by atoms with Crippen LogP contribution in [0.3, 0.4) is 0 Å². The first-order valence-corrected chi connectivity index (χ1v) is 7.47. The normalized spacial score (nSPS) is 16.3. The Morgan fingerprint density at radius 3 is 2.24 bits per heavy atom. The molecule has 1 amide bonds. The molecule has 5 nitrogen and oxygen atoms in total. The molecular weight excluding hydrogens is 270 g/mol. The van der Waals surface area contributed by atoms with Crippen LogP contribution in [0.2, 0.25) is 0 Å². The van der Waals surface area contributed by atoms with Crippen LogP contribution in [0.4, 0.5) is 4.79 Å². The minimum Gasteiger partial charge on any atom is -0.461 e. The molecule has 0 bridgehead atoms. The fraction of sp³-hybridized carbons (Fsp3) is 0.750. The topological polar surface area (TPSA) is 55.8 Å². The van der Waals surface area contributed by atoms with E-state index in [1.807, 2.05) is 40.7 Å². The molecule has 0 aliphatic carbocycles. The molecule has 1 fully saturated rings. The van der Waals surface area contributed by atoms with Gasteiger partial charge in [0.05, 0.1) is 5.92 Å². The quantitative estimate of drug-likeness (QED) is 0.593. The smallest absolute Gasteiger partial charge is 0.410 e. The summed E-state index contributed by atoms with van der Waals surface area (Å²) in [6.07, 6.45) is 2.84. The lowest BCUT2D eigenvalue weighted by Crippen LogP contribution is -2.43. The van der Waals surface area contributed by atoms with Crippen LogP contribution >= 0.6 is 0 Å². The molecule has 120 valence electrons. The Morgan fingerprint density at radius 2 is 1.76 bits per heavy atom. The van der Waals surface area contributed by atoms with Crippen LogP contribution in [0, 0.1) is 5.92 Å². The Hall–Kier alpha value is -1.52. The Morgan fingerprint density at radius 1 is 1.19 bits per heavy atom. The number of ether oxygens (including phenoxy) is 2. The summed E-state index contributed by atoms with van der Waals surface area (Å²) < 4.78 is 10.5. The summed E-state index contributed by atoms with van der Waals surface area (Å²) in [4.78, 5) is 25.5. The van der Waals surface area contributed by atoms with Gasteiger partial charge in [0, 0.05) is 13.1 Å². The molecule has 1 heterocycles. The van der Waals surface area contributed by atoms with E-state index in [-0.39, 0.29) is 18.0 Å². The number of nitrogens with zero attached hydrogens (tertiary/aromatic N) is 1. The molecular formula is C16H27NO4. The maximum Gasteiger partial charge on any atom is 0.410 e. The van der Waals surface area contributed by atoms with E-state index < -0.39 is 5.60 Å². The monoisotopic (exact) mass is 297 g/mol. The summed E-state index contributed by atoms with van der Waals surface area (Å²) >= 11 is 0. The van der Waals surface area contributed by atoms with Crippen molar-refractivity contribution < 1.29 is 19.1 Å². The highest BCUT2D eigenvalue weighted by Crippen LogP contribution is 2.20. The van der Waals surface area contributed by atoms with E-state index in [0.717, 1.165) is 5.57 Å². The average Bonchev–Trinajstić information content (AvgIpc) is 2.36. The molecule has 0 unspecified atom stereocenters. The van der Waals surface area contributed by atoms with Gasteiger partial charge >= 0.3 is 12.1 Å². The van der Waals surface area contributed by atoms with E-state index >= 15 is 0 Å². The second-order valence-corrected chi connectivity index (χ2v) is 6.65. The molecule has 5 heteroatoms. The molecule has 0 spiro atoms. The fourth-order valence-corrected chi connectivity index (χ4v) is 2.03. The third-order valence-electron chi connectivity index (χ3n) is 3.20. The SMILES string of the molecule is CC(C)=CCOC(=O)C1CCN(C(=O)OC(C)(C)C)CC1. The zero-order valence-electron chi connectivity index (χ0n) is 13.8. The van der Waals surface area contributed by atoms with Crippen LogP contribution in [0.5, 0.6) is 0 Å². The first-order chi connectivity index (χ1) is 9.69. The van der Waals surface area contributed by atoms with Gasteiger partial charge in [-0.2, -0.15) is 0 Å². The Labute approximate surface area is 127 Å². The van der Waals surface area contributed by atoms with Crippen LogP contribution in [0.25, 0.3) is 0 Å². The van der Waals surface area contributed by atoms with Crippen LogP contribution in [-0.4, -0.2) is 42.3 Å². The molecule has 0 aromatic carbocycles. The lowest BCUT2D eigenvalue weighted by atomic mass is 9.97. The predicted molar refractivity (Wildman–Crippen MR) is 80.9 cm³/mol. The van der Waals surface area contributed by atoms with Gasteiger partial charge in [-0.25, -0.2) is 4.79 Å². The number of likely N-dealkylation sites (tertiary alicyclic amines) is 1. The zero-order chi connectivity index (χ0) is 16.0. The van der Waals surface area contributed by atoms with Gasteiger partial charge in [-0.05, 0) is 53.5 Å². The van der Waals surface area contributed by atoms with E-state index in [1.54, 1.807) is 4.90 Å². The lowest BCUT2D eigenvalue weighted by Gasteiger charge is -2.32. The molecule has 0 radical (unpaired) electrons. The number of carbonyl (C=O) groups is 2. The van der Waals surface area contributed by atoms with E-state index in [0.29, 0.717) is 32.5 Å². The molecule has 1 saturated heterocycles. The lowest BCUT2D eigenvalue weighted by molar-refractivity contribution is -0.148. The number of rotatable bonds is 3. The number of allylic oxidation sites excluding steroid dienone is 1. The molecule has 21 heavy (non-hydrogen) atoms. The summed E-state index contributed by atoms with van der Waals surface area (Å²) in [5.41, 5.74) is 0.638. The van der Waals surface area contributed by atoms with Gasteiger partial charge in [0.1, 0.15) is 12.2 Å². The van der Waals surface area contributed by atoms with Crippen molar-refractivity contribution in [1.29, 1.82) is 0 Å². The van der Waals surface area contributed by atoms with Gasteiger partial charge in [0.25, 0.3) is 0 Å². The summed E-state index contributed by atoms with van der Waals surface area (Å²) in [6.45, 7) is 10.9. The highest BCUT2D eigenvalue weighted by Gasteiger charge is 2.30. The zero-order valence-corrected chi connectivity index (χ0v) is 13.8. The van der Waals surface area contributed by atoms with Crippen LogP contribution in [-0.2, 0) is 14.3 Å². The molecule has 0 N–H and O–H groups in total. The maximum absolute atomic E-state index is 11.9. The molecule has 1 rings (SSSR count). The number of hydrogen-bond acceptors (Lipinski definition) is 4. The first-order valence-electron chi connectivity index (χ1n) is 7.47. The molecule has 0 saturated carbocycles. The number of amides is 1. The van der Waals surface area contributed by atoms with Crippen LogP contribution in [0.15, 0.2) is 11.6 Å². The Kier molecular flexibility index (Phi) is 6.24. The molecule has 0 atom stereocenters. The standard InChI is InChI=1S/C16H27NO4/c1-12(2)8-11-20-14(18)13-6-9-17(10-7-13)15(19)21-16(3,4)5/h8,13H,6-7,9-11H2,1-5H3. The summed E-state index contributed by atoms with van der Waals surface area (Å²) in [5, 5.41) is 0. The second-order valence-electron chi connectivity index (χ2n) is 6.65. The van der Waals surface area contributed by atoms with Gasteiger partial charge in [0.15, 0.2) is 0 Å². The van der Waals surface area contributed by atoms with E-state index in [9.17, 15) is 9.59 Å². The highest BCUT2D eigenvalue weighted by molar-refractivity contribution is 5.73. The van der Waals surface area contributed by atoms with Crippen molar-refractivity contribution in [3.8, 4) is 0 Å². The summed E-state index contributed by atoms with van der Waals surface area (Å²) in [5.74, 6) is -0.286. The van der Waals surface area contributed by atoms with Gasteiger partial charge in [-0.15, -0.1) is 0 Å². The number of piperidine rings is 1. The van der Waals surface area contributed by atoms with Crippen molar-refractivity contribution in [3.63, 3.8) is 0 Å². The fourth-order valence-electron chi connectivity index (χ4n) is 2.03. The Balaban J connectivity index is 2.36. The van der Waals surface area contributed by atoms with Crippen LogP contribution in [0.1, 0.15) is 47.5 Å². The number of hydrogen-bond donors (Lipinski definition) is 0. The van der Waals surface area contributed by atoms with Crippen molar-refractivity contribution in [2.75, 3.05) is 19.7 Å². The van der Waals surface area contributed by atoms with E-state index in [2.05, 4.69) is 0 Å². The number of carbonyl (C=O) groups excluding carboxylic acids is 2.